The molecule has 1 heterocycles. The quantitative estimate of drug-likeness (QED) is 0.387. The third-order valence-electron chi connectivity index (χ3n) is 6.86. The van der Waals surface area contributed by atoms with Gasteiger partial charge in [0.05, 0.1) is 12.3 Å². The second-order valence-electron chi connectivity index (χ2n) is 9.53. The van der Waals surface area contributed by atoms with Gasteiger partial charge in [-0.15, -0.1) is 11.8 Å². The molecule has 1 saturated carbocycles. The fraction of sp³-hybridized carbons (Fsp3) is 0.519. The number of hydrogen-bond donors (Lipinski definition) is 1. The first kappa shape index (κ1) is 24.4. The summed E-state index contributed by atoms with van der Waals surface area (Å²) in [6.45, 7) is 4.20. The number of likely N-dealkylation sites (N-methyl/N-ethyl adjacent to an activating group) is 1. The number of ether oxygens (including phenoxy) is 1. The molecule has 1 amide bonds. The summed E-state index contributed by atoms with van der Waals surface area (Å²) in [5.74, 6) is 0.941. The van der Waals surface area contributed by atoms with E-state index < -0.39 is 0 Å². The molecule has 1 aliphatic heterocycles. The van der Waals surface area contributed by atoms with Gasteiger partial charge in [0.25, 0.3) is 0 Å². The summed E-state index contributed by atoms with van der Waals surface area (Å²) in [6.07, 6.45) is 10.2. The molecule has 1 aliphatic carbocycles. The molecule has 178 valence electrons. The van der Waals surface area contributed by atoms with Gasteiger partial charge in [0.2, 0.25) is 5.91 Å². The van der Waals surface area contributed by atoms with E-state index in [2.05, 4.69) is 12.2 Å². The number of carbonyl (C=O) groups excluding carboxylic acids is 1. The smallest absolute Gasteiger partial charge is 0.244 e. The molecule has 0 bridgehead atoms. The van der Waals surface area contributed by atoms with Gasteiger partial charge in [-0.1, -0.05) is 43.0 Å². The van der Waals surface area contributed by atoms with E-state index in [0.717, 1.165) is 41.5 Å². The lowest BCUT2D eigenvalue weighted by molar-refractivity contribution is -0.118. The van der Waals surface area contributed by atoms with Crippen molar-refractivity contribution in [2.45, 2.75) is 74.0 Å². The van der Waals surface area contributed by atoms with Crippen LogP contribution in [0.4, 0.5) is 5.69 Å². The van der Waals surface area contributed by atoms with Gasteiger partial charge < -0.3 is 15.0 Å². The van der Waals surface area contributed by atoms with Gasteiger partial charge in [0.1, 0.15) is 11.0 Å². The minimum Gasteiger partial charge on any atom is -0.494 e. The van der Waals surface area contributed by atoms with Gasteiger partial charge in [0, 0.05) is 22.5 Å². The number of carbonyl (C=O) groups is 1. The van der Waals surface area contributed by atoms with Crippen LogP contribution in [0.5, 0.6) is 5.75 Å². The van der Waals surface area contributed by atoms with Gasteiger partial charge in [-0.2, -0.15) is 0 Å². The fourth-order valence-electron chi connectivity index (χ4n) is 4.77. The van der Waals surface area contributed by atoms with Crippen LogP contribution in [0.3, 0.4) is 0 Å². The highest BCUT2D eigenvalue weighted by atomic mass is 35.5. The first-order valence-corrected chi connectivity index (χ1v) is 13.4. The third kappa shape index (κ3) is 6.26. The lowest BCUT2D eigenvalue weighted by Gasteiger charge is -2.34. The Bertz CT molecular complexity index is 944. The van der Waals surface area contributed by atoms with E-state index in [4.69, 9.17) is 16.3 Å². The monoisotopic (exact) mass is 486 g/mol. The zero-order valence-electron chi connectivity index (χ0n) is 19.7. The van der Waals surface area contributed by atoms with Crippen molar-refractivity contribution >= 4 is 35.0 Å². The molecule has 4 nitrogen and oxygen atoms in total. The highest BCUT2D eigenvalue weighted by molar-refractivity contribution is 8.00. The highest BCUT2D eigenvalue weighted by Crippen LogP contribution is 2.47. The number of thioether (sulfide) groups is 1. The van der Waals surface area contributed by atoms with Crippen LogP contribution in [0.15, 0.2) is 47.4 Å². The van der Waals surface area contributed by atoms with E-state index in [1.807, 2.05) is 49.5 Å². The van der Waals surface area contributed by atoms with Crippen molar-refractivity contribution in [3.8, 4) is 5.75 Å². The Morgan fingerprint density at radius 3 is 2.61 bits per heavy atom. The van der Waals surface area contributed by atoms with Crippen molar-refractivity contribution in [1.82, 2.24) is 5.32 Å². The zero-order valence-corrected chi connectivity index (χ0v) is 21.3. The summed E-state index contributed by atoms with van der Waals surface area (Å²) in [6, 6.07) is 13.6. The topological polar surface area (TPSA) is 41.6 Å². The van der Waals surface area contributed by atoms with E-state index in [9.17, 15) is 4.79 Å². The van der Waals surface area contributed by atoms with Gasteiger partial charge in [-0.25, -0.2) is 0 Å². The number of rotatable bonds is 9. The Labute approximate surface area is 207 Å². The first-order valence-electron chi connectivity index (χ1n) is 12.2. The maximum atomic E-state index is 12.9. The fourth-order valence-corrected chi connectivity index (χ4v) is 6.34. The summed E-state index contributed by atoms with van der Waals surface area (Å²) >= 11 is 7.73. The molecule has 6 heteroatoms. The third-order valence-corrected chi connectivity index (χ3v) is 8.39. The van der Waals surface area contributed by atoms with Crippen LogP contribution in [0, 0.1) is 0 Å². The average molecular weight is 487 g/mol. The zero-order chi connectivity index (χ0) is 23.3. The van der Waals surface area contributed by atoms with E-state index in [-0.39, 0.29) is 11.2 Å². The van der Waals surface area contributed by atoms with Crippen LogP contribution in [0.25, 0.3) is 0 Å². The standard InChI is InChI=1S/C27H35ClN2O2S/c1-27(15-5-3-6-16-27)29-17-7-4-8-18-32-22-12-9-20(10-13-22)25-26(31)30(2)23-14-11-21(28)19-24(23)33-25/h9-14,19,25,29H,3-8,15-18H2,1-2H3. The molecule has 1 atom stereocenters. The number of benzene rings is 2. The maximum Gasteiger partial charge on any atom is 0.244 e. The summed E-state index contributed by atoms with van der Waals surface area (Å²) in [5.41, 5.74) is 2.25. The number of nitrogens with zero attached hydrogens (tertiary/aromatic N) is 1. The SMILES string of the molecule is CN1C(=O)C(c2ccc(OCCCCCNC3(C)CCCCC3)cc2)Sc2cc(Cl)ccc21. The number of amides is 1. The number of nitrogens with one attached hydrogen (secondary N) is 1. The van der Waals surface area contributed by atoms with Crippen molar-refractivity contribution in [2.24, 2.45) is 0 Å². The molecule has 2 aromatic rings. The van der Waals surface area contributed by atoms with Crippen LogP contribution in [-0.4, -0.2) is 31.6 Å². The lowest BCUT2D eigenvalue weighted by Crippen LogP contribution is -2.44. The van der Waals surface area contributed by atoms with Gasteiger partial charge >= 0.3 is 0 Å². The summed E-state index contributed by atoms with van der Waals surface area (Å²) in [5, 5.41) is 4.19. The van der Waals surface area contributed by atoms with Gasteiger partial charge in [0.15, 0.2) is 0 Å². The molecule has 0 saturated heterocycles. The molecule has 2 aliphatic rings. The number of anilines is 1. The first-order chi connectivity index (χ1) is 16.0. The Kier molecular flexibility index (Phi) is 8.26. The van der Waals surface area contributed by atoms with Crippen LogP contribution in [0.2, 0.25) is 5.02 Å². The predicted molar refractivity (Wildman–Crippen MR) is 139 cm³/mol. The molecule has 33 heavy (non-hydrogen) atoms. The number of unbranched alkanes of at least 4 members (excludes halogenated alkanes) is 2. The van der Waals surface area contributed by atoms with Crippen molar-refractivity contribution in [1.29, 1.82) is 0 Å². The molecule has 1 N–H and O–H groups in total. The minimum absolute atomic E-state index is 0.0826. The van der Waals surface area contributed by atoms with Crippen LogP contribution < -0.4 is 15.0 Å². The van der Waals surface area contributed by atoms with Gasteiger partial charge in [-0.05, 0) is 81.5 Å². The largest absolute Gasteiger partial charge is 0.494 e. The number of hydrogen-bond acceptors (Lipinski definition) is 4. The Balaban J connectivity index is 1.21. The predicted octanol–water partition coefficient (Wildman–Crippen LogP) is 7.01. The Morgan fingerprint density at radius 1 is 1.09 bits per heavy atom. The number of fused-ring (bicyclic) bond motifs is 1. The van der Waals surface area contributed by atoms with Crippen LogP contribution in [0.1, 0.15) is 69.1 Å². The van der Waals surface area contributed by atoms with Gasteiger partial charge in [-0.3, -0.25) is 4.79 Å². The molecule has 2 aromatic carbocycles. The summed E-state index contributed by atoms with van der Waals surface area (Å²) < 4.78 is 5.94. The highest BCUT2D eigenvalue weighted by Gasteiger charge is 2.32. The Hall–Kier alpha value is -1.69. The van der Waals surface area contributed by atoms with Crippen LogP contribution >= 0.6 is 23.4 Å². The second kappa shape index (κ2) is 11.2. The minimum atomic E-state index is -0.270. The molecular formula is C27H35ClN2O2S. The van der Waals surface area contributed by atoms with Crippen molar-refractivity contribution in [3.63, 3.8) is 0 Å². The van der Waals surface area contributed by atoms with Crippen molar-refractivity contribution in [3.05, 3.63) is 53.1 Å². The molecule has 0 radical (unpaired) electrons. The lowest BCUT2D eigenvalue weighted by atomic mass is 9.83. The molecule has 0 aromatic heterocycles. The van der Waals surface area contributed by atoms with E-state index in [1.54, 1.807) is 16.7 Å². The molecule has 1 fully saturated rings. The second-order valence-corrected chi connectivity index (χ2v) is 11.1. The normalized spacial score (nSPS) is 19.9. The van der Waals surface area contributed by atoms with E-state index in [0.29, 0.717) is 10.6 Å². The molecule has 1 unspecified atom stereocenters. The van der Waals surface area contributed by atoms with E-state index in [1.165, 1.54) is 44.9 Å². The molecule has 0 spiro atoms. The molecule has 4 rings (SSSR count). The van der Waals surface area contributed by atoms with E-state index >= 15 is 0 Å². The molecular weight excluding hydrogens is 452 g/mol. The van der Waals surface area contributed by atoms with Crippen molar-refractivity contribution in [2.75, 3.05) is 25.1 Å². The summed E-state index contributed by atoms with van der Waals surface area (Å²) in [7, 11) is 1.82. The van der Waals surface area contributed by atoms with Crippen LogP contribution in [-0.2, 0) is 4.79 Å². The van der Waals surface area contributed by atoms with Crippen molar-refractivity contribution < 1.29 is 9.53 Å². The number of halogens is 1. The Morgan fingerprint density at radius 2 is 1.85 bits per heavy atom. The maximum absolute atomic E-state index is 12.9. The summed E-state index contributed by atoms with van der Waals surface area (Å²) in [4.78, 5) is 15.7. The average Bonchev–Trinajstić information content (AvgIpc) is 2.81.